The summed E-state index contributed by atoms with van der Waals surface area (Å²) in [5, 5.41) is 12.0. The van der Waals surface area contributed by atoms with Gasteiger partial charge in [0.05, 0.1) is 0 Å². The lowest BCUT2D eigenvalue weighted by atomic mass is 9.98. The van der Waals surface area contributed by atoms with Crippen LogP contribution in [0.2, 0.25) is 0 Å². The molecule has 2 N–H and O–H groups in total. The van der Waals surface area contributed by atoms with E-state index < -0.39 is 18.1 Å². The van der Waals surface area contributed by atoms with Gasteiger partial charge in [0.15, 0.2) is 0 Å². The number of esters is 1. The summed E-state index contributed by atoms with van der Waals surface area (Å²) in [7, 11) is 0. The largest absolute Gasteiger partial charge is 0.480 e. The molecule has 0 aliphatic heterocycles. The molecular formula is C31H41NO6S. The number of fused-ring (bicyclic) bond motifs is 3. The van der Waals surface area contributed by atoms with Crippen molar-refractivity contribution in [3.63, 3.8) is 0 Å². The smallest absolute Gasteiger partial charge is 0.407 e. The zero-order chi connectivity index (χ0) is 27.9. The van der Waals surface area contributed by atoms with Gasteiger partial charge in [0, 0.05) is 23.8 Å². The number of benzene rings is 2. The number of unbranched alkanes of at least 4 members (excludes halogenated alkanes) is 7. The number of carboxylic acids is 1. The predicted octanol–water partition coefficient (Wildman–Crippen LogP) is 6.79. The molecule has 1 aliphatic rings. The molecule has 0 aromatic heterocycles. The van der Waals surface area contributed by atoms with Crippen LogP contribution in [-0.4, -0.2) is 53.9 Å². The predicted molar refractivity (Wildman–Crippen MR) is 155 cm³/mol. The van der Waals surface area contributed by atoms with Gasteiger partial charge in [-0.25, -0.2) is 9.59 Å². The number of alkyl carbamates (subject to hydrolysis) is 1. The molecule has 0 spiro atoms. The van der Waals surface area contributed by atoms with Crippen LogP contribution in [0.15, 0.2) is 48.5 Å². The van der Waals surface area contributed by atoms with Crippen LogP contribution in [0.4, 0.5) is 4.79 Å². The van der Waals surface area contributed by atoms with Crippen molar-refractivity contribution in [3.8, 4) is 11.1 Å². The Bertz CT molecular complexity index is 1030. The number of ether oxygens (including phenoxy) is 2. The van der Waals surface area contributed by atoms with Gasteiger partial charge in [-0.2, -0.15) is 11.8 Å². The highest BCUT2D eigenvalue weighted by molar-refractivity contribution is 7.99. The topological polar surface area (TPSA) is 102 Å². The molecule has 39 heavy (non-hydrogen) atoms. The minimum absolute atomic E-state index is 0.0960. The molecule has 1 aliphatic carbocycles. The van der Waals surface area contributed by atoms with Crippen molar-refractivity contribution in [1.82, 2.24) is 5.32 Å². The molecule has 0 heterocycles. The second kappa shape index (κ2) is 16.9. The van der Waals surface area contributed by atoms with Gasteiger partial charge in [-0.1, -0.05) is 100 Å². The number of carbonyl (C=O) groups excluding carboxylic acids is 2. The van der Waals surface area contributed by atoms with E-state index in [2.05, 4.69) is 24.4 Å². The zero-order valence-electron chi connectivity index (χ0n) is 22.9. The Kier molecular flexibility index (Phi) is 13.2. The highest BCUT2D eigenvalue weighted by atomic mass is 32.2. The van der Waals surface area contributed by atoms with Gasteiger partial charge in [0.25, 0.3) is 0 Å². The Labute approximate surface area is 236 Å². The molecule has 1 atom stereocenters. The zero-order valence-corrected chi connectivity index (χ0v) is 23.7. The first-order valence-electron chi connectivity index (χ1n) is 14.1. The van der Waals surface area contributed by atoms with Crippen molar-refractivity contribution < 1.29 is 29.0 Å². The summed E-state index contributed by atoms with van der Waals surface area (Å²) in [5.74, 6) is -0.842. The molecule has 3 rings (SSSR count). The fourth-order valence-electron chi connectivity index (χ4n) is 4.85. The maximum absolute atomic E-state index is 12.5. The molecule has 0 saturated heterocycles. The fourth-order valence-corrected chi connectivity index (χ4v) is 5.68. The molecular weight excluding hydrogens is 514 g/mol. The van der Waals surface area contributed by atoms with Crippen molar-refractivity contribution in [2.75, 3.05) is 24.7 Å². The van der Waals surface area contributed by atoms with E-state index in [1.165, 1.54) is 43.9 Å². The van der Waals surface area contributed by atoms with E-state index in [0.717, 1.165) is 41.5 Å². The number of hydrogen-bond donors (Lipinski definition) is 2. The van der Waals surface area contributed by atoms with E-state index in [1.807, 2.05) is 36.4 Å². The van der Waals surface area contributed by atoms with E-state index >= 15 is 0 Å². The summed E-state index contributed by atoms with van der Waals surface area (Å²) in [6.07, 6.45) is 9.01. The summed E-state index contributed by atoms with van der Waals surface area (Å²) < 4.78 is 10.7. The summed E-state index contributed by atoms with van der Waals surface area (Å²) in [4.78, 5) is 36.0. The van der Waals surface area contributed by atoms with Crippen LogP contribution in [0.3, 0.4) is 0 Å². The van der Waals surface area contributed by atoms with Crippen molar-refractivity contribution in [1.29, 1.82) is 0 Å². The first kappa shape index (κ1) is 30.5. The Morgan fingerprint density at radius 3 is 2.08 bits per heavy atom. The number of carboxylic acid groups (broad SMARTS) is 1. The molecule has 0 bridgehead atoms. The van der Waals surface area contributed by atoms with Crippen molar-refractivity contribution in [2.45, 2.75) is 76.7 Å². The highest BCUT2D eigenvalue weighted by Crippen LogP contribution is 2.44. The number of aliphatic carboxylic acids is 1. The first-order chi connectivity index (χ1) is 19.0. The van der Waals surface area contributed by atoms with Crippen LogP contribution in [0.5, 0.6) is 0 Å². The fraction of sp³-hybridized carbons (Fsp3) is 0.516. The quantitative estimate of drug-likeness (QED) is 0.154. The lowest BCUT2D eigenvalue weighted by Gasteiger charge is -2.17. The molecule has 0 fully saturated rings. The summed E-state index contributed by atoms with van der Waals surface area (Å²) in [5.41, 5.74) is 4.43. The van der Waals surface area contributed by atoms with Gasteiger partial charge in [-0.05, 0) is 28.7 Å². The highest BCUT2D eigenvalue weighted by Gasteiger charge is 2.29. The van der Waals surface area contributed by atoms with E-state index in [0.29, 0.717) is 12.2 Å². The number of nitrogens with one attached hydrogen (secondary N) is 1. The number of thioether (sulfide) groups is 1. The lowest BCUT2D eigenvalue weighted by molar-refractivity contribution is -0.143. The summed E-state index contributed by atoms with van der Waals surface area (Å²) >= 11 is 1.31. The summed E-state index contributed by atoms with van der Waals surface area (Å²) in [6.45, 7) is 2.55. The molecule has 8 heteroatoms. The van der Waals surface area contributed by atoms with Gasteiger partial charge in [0.2, 0.25) is 0 Å². The Hall–Kier alpha value is -3.00. The van der Waals surface area contributed by atoms with Crippen molar-refractivity contribution in [2.24, 2.45) is 0 Å². The third-order valence-corrected chi connectivity index (χ3v) is 7.97. The number of rotatable bonds is 18. The van der Waals surface area contributed by atoms with Crippen LogP contribution in [-0.2, 0) is 19.1 Å². The average molecular weight is 556 g/mol. The van der Waals surface area contributed by atoms with Crippen molar-refractivity contribution in [3.05, 3.63) is 59.7 Å². The lowest BCUT2D eigenvalue weighted by Crippen LogP contribution is -2.43. The molecule has 1 amide bonds. The molecule has 0 radical (unpaired) electrons. The van der Waals surface area contributed by atoms with Crippen LogP contribution in [0, 0.1) is 0 Å². The van der Waals surface area contributed by atoms with E-state index in [9.17, 15) is 19.5 Å². The standard InChI is InChI=1S/C31H41NO6S/c1-2-3-4-5-6-7-8-9-18-29(33)37-19-20-39-22-28(30(34)35)32-31(36)38-21-27-25-16-12-10-14-23(25)24-15-11-13-17-26(24)27/h10-17,27-28H,2-9,18-22H2,1H3,(H,32,36)(H,34,35). The van der Waals surface area contributed by atoms with Gasteiger partial charge < -0.3 is 19.9 Å². The van der Waals surface area contributed by atoms with E-state index in [4.69, 9.17) is 9.47 Å². The Morgan fingerprint density at radius 2 is 1.46 bits per heavy atom. The second-order valence-corrected chi connectivity index (χ2v) is 11.0. The number of hydrogen-bond acceptors (Lipinski definition) is 6. The normalized spacial score (nSPS) is 12.8. The van der Waals surface area contributed by atoms with Gasteiger partial charge in [-0.3, -0.25) is 4.79 Å². The third kappa shape index (κ3) is 9.92. The monoisotopic (exact) mass is 555 g/mol. The van der Waals surface area contributed by atoms with Crippen LogP contribution in [0.1, 0.15) is 81.8 Å². The molecule has 212 valence electrons. The maximum Gasteiger partial charge on any atom is 0.407 e. The molecule has 7 nitrogen and oxygen atoms in total. The van der Waals surface area contributed by atoms with Crippen LogP contribution in [0.25, 0.3) is 11.1 Å². The van der Waals surface area contributed by atoms with E-state index in [-0.39, 0.29) is 30.9 Å². The van der Waals surface area contributed by atoms with Gasteiger partial charge in [0.1, 0.15) is 19.3 Å². The van der Waals surface area contributed by atoms with Crippen molar-refractivity contribution >= 4 is 29.8 Å². The maximum atomic E-state index is 12.5. The molecule has 2 aromatic rings. The summed E-state index contributed by atoms with van der Waals surface area (Å²) in [6, 6.07) is 15.0. The third-order valence-electron chi connectivity index (χ3n) is 6.94. The number of carbonyl (C=O) groups is 3. The van der Waals surface area contributed by atoms with Gasteiger partial charge in [-0.15, -0.1) is 0 Å². The van der Waals surface area contributed by atoms with Gasteiger partial charge >= 0.3 is 18.0 Å². The Morgan fingerprint density at radius 1 is 0.872 bits per heavy atom. The van der Waals surface area contributed by atoms with Crippen LogP contribution >= 0.6 is 11.8 Å². The second-order valence-electron chi connectivity index (χ2n) is 9.88. The minimum atomic E-state index is -1.14. The number of amides is 1. The van der Waals surface area contributed by atoms with E-state index in [1.54, 1.807) is 0 Å². The molecule has 2 aromatic carbocycles. The SMILES string of the molecule is CCCCCCCCCCC(=O)OCCSCC(NC(=O)OCC1c2ccccc2-c2ccccc21)C(=O)O. The molecule has 0 saturated carbocycles. The minimum Gasteiger partial charge on any atom is -0.480 e. The first-order valence-corrected chi connectivity index (χ1v) is 15.2. The van der Waals surface area contributed by atoms with Crippen LogP contribution < -0.4 is 5.32 Å². The average Bonchev–Trinajstić information content (AvgIpc) is 3.26. The Balaban J connectivity index is 1.30. The molecule has 1 unspecified atom stereocenters.